The van der Waals surface area contributed by atoms with Crippen LogP contribution in [-0.2, 0) is 17.6 Å². The first-order valence-electron chi connectivity index (χ1n) is 9.83. The second kappa shape index (κ2) is 10.2. The van der Waals surface area contributed by atoms with E-state index in [-0.39, 0.29) is 12.8 Å². The monoisotopic (exact) mass is 410 g/mol. The van der Waals surface area contributed by atoms with Crippen molar-refractivity contribution in [2.75, 3.05) is 13.2 Å². The molecule has 2 aromatic carbocycles. The normalized spacial score (nSPS) is 14.8. The van der Waals surface area contributed by atoms with Crippen molar-refractivity contribution < 1.29 is 24.5 Å². The zero-order chi connectivity index (χ0) is 22.2. The van der Waals surface area contributed by atoms with Crippen LogP contribution in [0.2, 0.25) is 0 Å². The highest BCUT2D eigenvalue weighted by molar-refractivity contribution is 5.94. The fourth-order valence-corrected chi connectivity index (χ4v) is 3.25. The molecular weight excluding hydrogens is 380 g/mol. The van der Waals surface area contributed by atoms with E-state index in [1.807, 2.05) is 0 Å². The highest BCUT2D eigenvalue weighted by atomic mass is 16.5. The third kappa shape index (κ3) is 6.58. The van der Waals surface area contributed by atoms with Gasteiger partial charge in [0.25, 0.3) is 0 Å². The summed E-state index contributed by atoms with van der Waals surface area (Å²) in [6.45, 7) is 10.9. The van der Waals surface area contributed by atoms with Crippen molar-refractivity contribution >= 4 is 5.78 Å². The molecule has 2 rings (SSSR count). The number of hydrogen-bond acceptors (Lipinski definition) is 5. The first kappa shape index (κ1) is 23.4. The first-order valence-corrected chi connectivity index (χ1v) is 9.83. The molecule has 0 aliphatic rings. The lowest BCUT2D eigenvalue weighted by Crippen LogP contribution is -2.52. The van der Waals surface area contributed by atoms with E-state index in [0.717, 1.165) is 11.1 Å². The number of ether oxygens (including phenoxy) is 2. The third-order valence-corrected chi connectivity index (χ3v) is 4.66. The smallest absolute Gasteiger partial charge is 0.195 e. The van der Waals surface area contributed by atoms with Gasteiger partial charge in [0.2, 0.25) is 0 Å². The number of rotatable bonds is 12. The maximum Gasteiger partial charge on any atom is 0.195 e. The zero-order valence-electron chi connectivity index (χ0n) is 17.6. The standard InChI is InChI=1S/C25H30O5/c1-5-15-29-21-11-7-19(8-12-21)17-24(3,27)23(26)25(4,28)18-20-9-13-22(14-10-20)30-16-6-2/h5-14,27-28H,1-2,15-18H2,3-4H3. The molecule has 0 saturated carbocycles. The Morgan fingerprint density at radius 3 is 1.43 bits per heavy atom. The Kier molecular flexibility index (Phi) is 7.98. The lowest BCUT2D eigenvalue weighted by Gasteiger charge is -2.31. The second-order valence-electron chi connectivity index (χ2n) is 7.72. The van der Waals surface area contributed by atoms with Gasteiger partial charge in [-0.1, -0.05) is 49.6 Å². The summed E-state index contributed by atoms with van der Waals surface area (Å²) in [7, 11) is 0. The molecule has 0 aliphatic carbocycles. The third-order valence-electron chi connectivity index (χ3n) is 4.66. The van der Waals surface area contributed by atoms with Crippen molar-refractivity contribution in [1.29, 1.82) is 0 Å². The summed E-state index contributed by atoms with van der Waals surface area (Å²) in [6.07, 6.45) is 3.47. The number of hydrogen-bond donors (Lipinski definition) is 2. The summed E-state index contributed by atoms with van der Waals surface area (Å²) in [5.74, 6) is 0.725. The number of benzene rings is 2. The predicted octanol–water partition coefficient (Wildman–Crippen LogP) is 3.67. The number of carbonyl (C=O) groups excluding carboxylic acids is 1. The van der Waals surface area contributed by atoms with Gasteiger partial charge in [-0.3, -0.25) is 4.79 Å². The van der Waals surface area contributed by atoms with Crippen LogP contribution in [0.4, 0.5) is 0 Å². The van der Waals surface area contributed by atoms with Crippen molar-refractivity contribution in [2.24, 2.45) is 0 Å². The van der Waals surface area contributed by atoms with E-state index in [9.17, 15) is 15.0 Å². The summed E-state index contributed by atoms with van der Waals surface area (Å²) in [6, 6.07) is 14.2. The van der Waals surface area contributed by atoms with Gasteiger partial charge in [-0.25, -0.2) is 0 Å². The van der Waals surface area contributed by atoms with Gasteiger partial charge in [-0.15, -0.1) is 0 Å². The van der Waals surface area contributed by atoms with E-state index in [1.165, 1.54) is 13.8 Å². The van der Waals surface area contributed by atoms with Crippen molar-refractivity contribution in [3.63, 3.8) is 0 Å². The molecule has 0 bridgehead atoms. The van der Waals surface area contributed by atoms with Crippen molar-refractivity contribution in [3.05, 3.63) is 85.0 Å². The molecule has 0 radical (unpaired) electrons. The van der Waals surface area contributed by atoms with Crippen LogP contribution < -0.4 is 9.47 Å². The highest BCUT2D eigenvalue weighted by Gasteiger charge is 2.42. The highest BCUT2D eigenvalue weighted by Crippen LogP contribution is 2.26. The molecule has 0 aromatic heterocycles. The molecule has 30 heavy (non-hydrogen) atoms. The summed E-state index contributed by atoms with van der Waals surface area (Å²) >= 11 is 0. The number of ketones is 1. The van der Waals surface area contributed by atoms with Gasteiger partial charge >= 0.3 is 0 Å². The van der Waals surface area contributed by atoms with E-state index >= 15 is 0 Å². The van der Waals surface area contributed by atoms with Gasteiger partial charge < -0.3 is 19.7 Å². The summed E-state index contributed by atoms with van der Waals surface area (Å²) in [4.78, 5) is 12.9. The Hall–Kier alpha value is -2.89. The van der Waals surface area contributed by atoms with E-state index < -0.39 is 17.0 Å². The van der Waals surface area contributed by atoms with Crippen LogP contribution in [0.1, 0.15) is 25.0 Å². The molecule has 160 valence electrons. The van der Waals surface area contributed by atoms with Crippen LogP contribution in [0.25, 0.3) is 0 Å². The molecule has 0 spiro atoms. The van der Waals surface area contributed by atoms with Crippen LogP contribution in [0.5, 0.6) is 11.5 Å². The van der Waals surface area contributed by atoms with Gasteiger partial charge in [-0.2, -0.15) is 0 Å². The average Bonchev–Trinajstić information content (AvgIpc) is 2.71. The van der Waals surface area contributed by atoms with Crippen molar-refractivity contribution in [1.82, 2.24) is 0 Å². The zero-order valence-corrected chi connectivity index (χ0v) is 17.6. The molecular formula is C25H30O5. The van der Waals surface area contributed by atoms with Gasteiger partial charge in [0.15, 0.2) is 5.78 Å². The minimum atomic E-state index is -1.72. The Bertz CT molecular complexity index is 777. The number of carbonyl (C=O) groups is 1. The summed E-state index contributed by atoms with van der Waals surface area (Å²) in [5.41, 5.74) is -1.92. The van der Waals surface area contributed by atoms with Crippen LogP contribution >= 0.6 is 0 Å². The van der Waals surface area contributed by atoms with E-state index in [2.05, 4.69) is 13.2 Å². The minimum absolute atomic E-state index is 0.0814. The maximum atomic E-state index is 12.9. The Balaban J connectivity index is 2.04. The summed E-state index contributed by atoms with van der Waals surface area (Å²) in [5, 5.41) is 21.6. The Labute approximate surface area is 178 Å². The first-order chi connectivity index (χ1) is 14.2. The predicted molar refractivity (Wildman–Crippen MR) is 118 cm³/mol. The fourth-order valence-electron chi connectivity index (χ4n) is 3.25. The fraction of sp³-hybridized carbons (Fsp3) is 0.320. The minimum Gasteiger partial charge on any atom is -0.490 e. The van der Waals surface area contributed by atoms with E-state index in [0.29, 0.717) is 24.7 Å². The topological polar surface area (TPSA) is 76.0 Å². The Morgan fingerprint density at radius 2 is 1.13 bits per heavy atom. The van der Waals surface area contributed by atoms with Crippen LogP contribution in [-0.4, -0.2) is 40.4 Å². The lowest BCUT2D eigenvalue weighted by atomic mass is 9.80. The van der Waals surface area contributed by atoms with E-state index in [4.69, 9.17) is 9.47 Å². The second-order valence-corrected chi connectivity index (χ2v) is 7.72. The van der Waals surface area contributed by atoms with Crippen LogP contribution in [0.15, 0.2) is 73.8 Å². The summed E-state index contributed by atoms with van der Waals surface area (Å²) < 4.78 is 10.9. The van der Waals surface area contributed by atoms with Crippen molar-refractivity contribution in [2.45, 2.75) is 37.9 Å². The largest absolute Gasteiger partial charge is 0.490 e. The van der Waals surface area contributed by atoms with Crippen LogP contribution in [0, 0.1) is 0 Å². The van der Waals surface area contributed by atoms with Gasteiger partial charge in [-0.05, 0) is 49.2 Å². The molecule has 5 heteroatoms. The SMILES string of the molecule is C=CCOc1ccc(CC(C)(O)C(=O)C(C)(O)Cc2ccc(OCC=C)cc2)cc1. The maximum absolute atomic E-state index is 12.9. The molecule has 0 aliphatic heterocycles. The average molecular weight is 411 g/mol. The molecule has 2 N–H and O–H groups in total. The van der Waals surface area contributed by atoms with E-state index in [1.54, 1.807) is 60.7 Å². The van der Waals surface area contributed by atoms with Gasteiger partial charge in [0, 0.05) is 12.8 Å². The molecule has 2 unspecified atom stereocenters. The molecule has 0 heterocycles. The number of Topliss-reactive ketones (excluding diaryl/α,β-unsaturated/α-hetero) is 1. The molecule has 0 amide bonds. The molecule has 5 nitrogen and oxygen atoms in total. The quantitative estimate of drug-likeness (QED) is 0.522. The molecule has 0 fully saturated rings. The molecule has 2 aromatic rings. The van der Waals surface area contributed by atoms with Gasteiger partial charge in [0.1, 0.15) is 35.9 Å². The van der Waals surface area contributed by atoms with Crippen molar-refractivity contribution in [3.8, 4) is 11.5 Å². The van der Waals surface area contributed by atoms with Gasteiger partial charge in [0.05, 0.1) is 0 Å². The molecule has 0 saturated heterocycles. The lowest BCUT2D eigenvalue weighted by molar-refractivity contribution is -0.153. The Morgan fingerprint density at radius 1 is 0.800 bits per heavy atom. The molecule has 2 atom stereocenters. The van der Waals surface area contributed by atoms with Crippen LogP contribution in [0.3, 0.4) is 0 Å². The number of aliphatic hydroxyl groups is 2.